The van der Waals surface area contributed by atoms with E-state index < -0.39 is 11.8 Å². The lowest BCUT2D eigenvalue weighted by atomic mass is 9.96. The van der Waals surface area contributed by atoms with Crippen molar-refractivity contribution < 1.29 is 9.59 Å². The molecular formula is C19H22N4O2. The summed E-state index contributed by atoms with van der Waals surface area (Å²) in [7, 11) is 0. The normalized spacial score (nSPS) is 14.8. The molecule has 0 aliphatic carbocycles. The van der Waals surface area contributed by atoms with Gasteiger partial charge in [0, 0.05) is 31.5 Å². The van der Waals surface area contributed by atoms with Gasteiger partial charge < -0.3 is 15.5 Å². The molecule has 0 saturated carbocycles. The van der Waals surface area contributed by atoms with Crippen molar-refractivity contribution in [3.8, 4) is 0 Å². The molecule has 1 aliphatic rings. The highest BCUT2D eigenvalue weighted by molar-refractivity contribution is 6.39. The van der Waals surface area contributed by atoms with Gasteiger partial charge in [-0.1, -0.05) is 18.2 Å². The van der Waals surface area contributed by atoms with Crippen LogP contribution in [0.3, 0.4) is 0 Å². The number of benzene rings is 1. The Morgan fingerprint density at radius 3 is 2.48 bits per heavy atom. The number of para-hydroxylation sites is 1. The average molecular weight is 338 g/mol. The van der Waals surface area contributed by atoms with E-state index in [1.807, 2.05) is 30.5 Å². The summed E-state index contributed by atoms with van der Waals surface area (Å²) in [6.07, 6.45) is 5.60. The molecule has 1 aliphatic heterocycles. The van der Waals surface area contributed by atoms with E-state index in [2.05, 4.69) is 26.6 Å². The molecule has 130 valence electrons. The number of pyridine rings is 1. The number of nitrogens with zero attached hydrogens (tertiary/aromatic N) is 2. The summed E-state index contributed by atoms with van der Waals surface area (Å²) in [5.41, 5.74) is 1.75. The molecule has 2 heterocycles. The van der Waals surface area contributed by atoms with Crippen LogP contribution < -0.4 is 15.5 Å². The lowest BCUT2D eigenvalue weighted by molar-refractivity contribution is -0.136. The van der Waals surface area contributed by atoms with Crippen LogP contribution >= 0.6 is 0 Å². The minimum Gasteiger partial charge on any atom is -0.370 e. The molecule has 1 aromatic carbocycles. The Morgan fingerprint density at radius 1 is 1.04 bits per heavy atom. The number of hydrogen-bond donors (Lipinski definition) is 2. The highest BCUT2D eigenvalue weighted by atomic mass is 16.2. The molecule has 0 spiro atoms. The molecule has 0 unspecified atom stereocenters. The van der Waals surface area contributed by atoms with Crippen LogP contribution in [-0.2, 0) is 9.59 Å². The number of rotatable bonds is 4. The Hall–Kier alpha value is -2.89. The predicted octanol–water partition coefficient (Wildman–Crippen LogP) is 2.05. The fourth-order valence-corrected chi connectivity index (χ4v) is 2.96. The number of nitrogens with one attached hydrogen (secondary N) is 2. The number of aromatic nitrogens is 1. The Bertz CT molecular complexity index is 698. The first-order chi connectivity index (χ1) is 12.2. The van der Waals surface area contributed by atoms with E-state index in [0.717, 1.165) is 31.6 Å². The molecule has 6 nitrogen and oxygen atoms in total. The molecule has 6 heteroatoms. The minimum atomic E-state index is -0.626. The predicted molar refractivity (Wildman–Crippen MR) is 97.3 cm³/mol. The maximum Gasteiger partial charge on any atom is 0.313 e. The van der Waals surface area contributed by atoms with E-state index in [1.165, 1.54) is 0 Å². The summed E-state index contributed by atoms with van der Waals surface area (Å²) in [4.78, 5) is 30.3. The molecule has 1 aromatic heterocycles. The van der Waals surface area contributed by atoms with Crippen LogP contribution in [0.4, 0.5) is 11.4 Å². The lowest BCUT2D eigenvalue weighted by Crippen LogP contribution is -2.41. The van der Waals surface area contributed by atoms with E-state index in [-0.39, 0.29) is 0 Å². The molecule has 2 N–H and O–H groups in total. The smallest absolute Gasteiger partial charge is 0.313 e. The molecule has 2 aromatic rings. The van der Waals surface area contributed by atoms with Crippen LogP contribution in [0.1, 0.15) is 12.8 Å². The molecule has 0 bridgehead atoms. The van der Waals surface area contributed by atoms with Gasteiger partial charge in [-0.2, -0.15) is 0 Å². The molecule has 1 fully saturated rings. The maximum absolute atomic E-state index is 11.9. The summed E-state index contributed by atoms with van der Waals surface area (Å²) in [6, 6.07) is 13.0. The van der Waals surface area contributed by atoms with Gasteiger partial charge in [0.05, 0.1) is 11.9 Å². The zero-order valence-electron chi connectivity index (χ0n) is 14.0. The van der Waals surface area contributed by atoms with Crippen molar-refractivity contribution in [1.29, 1.82) is 0 Å². The van der Waals surface area contributed by atoms with Crippen LogP contribution in [0.25, 0.3) is 0 Å². The molecule has 25 heavy (non-hydrogen) atoms. The number of anilines is 2. The van der Waals surface area contributed by atoms with Gasteiger partial charge in [-0.15, -0.1) is 0 Å². The maximum atomic E-state index is 11.9. The molecule has 2 amide bonds. The van der Waals surface area contributed by atoms with Crippen molar-refractivity contribution in [2.24, 2.45) is 5.92 Å². The fraction of sp³-hybridized carbons (Fsp3) is 0.316. The second kappa shape index (κ2) is 8.28. The highest BCUT2D eigenvalue weighted by Gasteiger charge is 2.21. The van der Waals surface area contributed by atoms with Gasteiger partial charge in [0.2, 0.25) is 0 Å². The lowest BCUT2D eigenvalue weighted by Gasteiger charge is -2.33. The third-order valence-corrected chi connectivity index (χ3v) is 4.41. The standard InChI is InChI=1S/C19H22N4O2/c24-18(19(25)22-16-5-2-1-3-6-16)21-13-15-8-11-23(12-9-15)17-7-4-10-20-14-17/h1-7,10,14-15H,8-9,11-13H2,(H,21,24)(H,22,25). The van der Waals surface area contributed by atoms with Gasteiger partial charge in [0.1, 0.15) is 0 Å². The van der Waals surface area contributed by atoms with Crippen molar-refractivity contribution in [1.82, 2.24) is 10.3 Å². The van der Waals surface area contributed by atoms with Crippen LogP contribution in [0.15, 0.2) is 54.9 Å². The SMILES string of the molecule is O=C(NCC1CCN(c2cccnc2)CC1)C(=O)Nc1ccccc1. The van der Waals surface area contributed by atoms with Crippen molar-refractivity contribution in [3.63, 3.8) is 0 Å². The first kappa shape index (κ1) is 17.0. The van der Waals surface area contributed by atoms with Crippen molar-refractivity contribution in [2.45, 2.75) is 12.8 Å². The first-order valence-electron chi connectivity index (χ1n) is 8.51. The van der Waals surface area contributed by atoms with E-state index in [0.29, 0.717) is 18.2 Å². The minimum absolute atomic E-state index is 0.390. The first-order valence-corrected chi connectivity index (χ1v) is 8.51. The third kappa shape index (κ3) is 4.79. The molecule has 1 saturated heterocycles. The Morgan fingerprint density at radius 2 is 1.80 bits per heavy atom. The van der Waals surface area contributed by atoms with Crippen LogP contribution in [0, 0.1) is 5.92 Å². The second-order valence-electron chi connectivity index (χ2n) is 6.17. The number of carbonyl (C=O) groups excluding carboxylic acids is 2. The molecule has 3 rings (SSSR count). The van der Waals surface area contributed by atoms with E-state index in [1.54, 1.807) is 18.3 Å². The average Bonchev–Trinajstić information content (AvgIpc) is 2.68. The monoisotopic (exact) mass is 338 g/mol. The van der Waals surface area contributed by atoms with Gasteiger partial charge >= 0.3 is 11.8 Å². The fourth-order valence-electron chi connectivity index (χ4n) is 2.96. The zero-order valence-corrected chi connectivity index (χ0v) is 14.0. The highest BCUT2D eigenvalue weighted by Crippen LogP contribution is 2.21. The number of carbonyl (C=O) groups is 2. The van der Waals surface area contributed by atoms with Crippen LogP contribution in [-0.4, -0.2) is 36.4 Å². The van der Waals surface area contributed by atoms with Crippen molar-refractivity contribution >= 4 is 23.2 Å². The molecular weight excluding hydrogens is 316 g/mol. The number of amides is 2. The third-order valence-electron chi connectivity index (χ3n) is 4.41. The summed E-state index contributed by atoms with van der Waals surface area (Å²) in [6.45, 7) is 2.40. The summed E-state index contributed by atoms with van der Waals surface area (Å²) in [5.74, 6) is -0.820. The Labute approximate surface area is 147 Å². The van der Waals surface area contributed by atoms with Crippen LogP contribution in [0.2, 0.25) is 0 Å². The van der Waals surface area contributed by atoms with E-state index in [4.69, 9.17) is 0 Å². The summed E-state index contributed by atoms with van der Waals surface area (Å²) < 4.78 is 0. The van der Waals surface area contributed by atoms with E-state index in [9.17, 15) is 9.59 Å². The van der Waals surface area contributed by atoms with Gasteiger partial charge in [0.25, 0.3) is 0 Å². The van der Waals surface area contributed by atoms with Gasteiger partial charge in [-0.3, -0.25) is 14.6 Å². The Balaban J connectivity index is 1.40. The largest absolute Gasteiger partial charge is 0.370 e. The zero-order chi connectivity index (χ0) is 17.5. The Kier molecular flexibility index (Phi) is 5.61. The molecule has 0 radical (unpaired) electrons. The van der Waals surface area contributed by atoms with Gasteiger partial charge in [0.15, 0.2) is 0 Å². The van der Waals surface area contributed by atoms with Crippen LogP contribution in [0.5, 0.6) is 0 Å². The van der Waals surface area contributed by atoms with Gasteiger partial charge in [-0.05, 0) is 43.0 Å². The van der Waals surface area contributed by atoms with Crippen molar-refractivity contribution in [3.05, 3.63) is 54.9 Å². The topological polar surface area (TPSA) is 74.3 Å². The quantitative estimate of drug-likeness (QED) is 0.837. The number of hydrogen-bond acceptors (Lipinski definition) is 4. The van der Waals surface area contributed by atoms with Crippen molar-refractivity contribution in [2.75, 3.05) is 29.9 Å². The van der Waals surface area contributed by atoms with E-state index >= 15 is 0 Å². The van der Waals surface area contributed by atoms with Gasteiger partial charge in [-0.25, -0.2) is 0 Å². The second-order valence-corrected chi connectivity index (χ2v) is 6.17. The molecule has 0 atom stereocenters. The number of piperidine rings is 1. The summed E-state index contributed by atoms with van der Waals surface area (Å²) in [5, 5.41) is 5.34. The summed E-state index contributed by atoms with van der Waals surface area (Å²) >= 11 is 0.